The highest BCUT2D eigenvalue weighted by Gasteiger charge is 2.20. The Kier molecular flexibility index (Phi) is 6.43. The second-order valence-corrected chi connectivity index (χ2v) is 11.7. The summed E-state index contributed by atoms with van der Waals surface area (Å²) in [5.74, 6) is 0. The summed E-state index contributed by atoms with van der Waals surface area (Å²) >= 11 is 0. The number of nitrogens with zero attached hydrogens (tertiary/aromatic N) is 6. The van der Waals surface area contributed by atoms with E-state index < -0.39 is 0 Å². The monoisotopic (exact) mass is 626 g/mol. The van der Waals surface area contributed by atoms with E-state index in [1.807, 2.05) is 42.7 Å². The zero-order chi connectivity index (χ0) is 32.9. The predicted molar refractivity (Wildman–Crippen MR) is 191 cm³/mol. The summed E-state index contributed by atoms with van der Waals surface area (Å²) in [6.45, 7) is 0. The Labute approximate surface area is 280 Å². The van der Waals surface area contributed by atoms with Crippen molar-refractivity contribution in [2.75, 3.05) is 0 Å². The summed E-state index contributed by atoms with van der Waals surface area (Å²) < 4.78 is 6.40. The molecule has 5 heterocycles. The van der Waals surface area contributed by atoms with Gasteiger partial charge in [-0.05, 0) is 87.3 Å². The minimum atomic E-state index is 0.535. The first-order chi connectivity index (χ1) is 24.2. The Hall–Kier alpha value is -7.22. The van der Waals surface area contributed by atoms with Crippen LogP contribution in [0.3, 0.4) is 0 Å². The van der Waals surface area contributed by atoms with Crippen molar-refractivity contribution in [2.45, 2.75) is 0 Å². The van der Waals surface area contributed by atoms with Gasteiger partial charge in [0.05, 0.1) is 46.0 Å². The van der Waals surface area contributed by atoms with Gasteiger partial charge in [0, 0.05) is 46.7 Å². The number of benzene rings is 4. The standard InChI is InChI=1S/C42H22N6O/c43-21-25-13-15-45-37(17-25)35-11-9-27(23-47-35)41-30-6-1-2-7-31(30)42(28-10-12-36(48-24-28)38-18-26(22-44)14-16-46-38)34-20-40-32(19-33(34)41)29-5-3-4-8-39(29)49-40/h1-20,23-24H. The number of para-hydroxylation sites is 1. The molecule has 7 nitrogen and oxygen atoms in total. The molecule has 0 unspecified atom stereocenters. The summed E-state index contributed by atoms with van der Waals surface area (Å²) in [6, 6.07) is 40.1. The topological polar surface area (TPSA) is 112 Å². The normalized spacial score (nSPS) is 11.2. The number of aromatic nitrogens is 4. The lowest BCUT2D eigenvalue weighted by molar-refractivity contribution is 0.669. The molecule has 0 atom stereocenters. The van der Waals surface area contributed by atoms with Crippen LogP contribution in [0, 0.1) is 22.7 Å². The van der Waals surface area contributed by atoms with Gasteiger partial charge in [0.15, 0.2) is 0 Å². The lowest BCUT2D eigenvalue weighted by Gasteiger charge is -2.18. The Morgan fingerprint density at radius 3 is 1.49 bits per heavy atom. The number of pyridine rings is 4. The van der Waals surface area contributed by atoms with Gasteiger partial charge in [-0.1, -0.05) is 54.6 Å². The molecule has 7 heteroatoms. The number of furan rings is 1. The average Bonchev–Trinajstić information content (AvgIpc) is 3.54. The molecule has 226 valence electrons. The van der Waals surface area contributed by atoms with Crippen LogP contribution in [-0.4, -0.2) is 19.9 Å². The van der Waals surface area contributed by atoms with Gasteiger partial charge in [0.2, 0.25) is 0 Å². The van der Waals surface area contributed by atoms with E-state index in [0.29, 0.717) is 33.9 Å². The average molecular weight is 627 g/mol. The minimum Gasteiger partial charge on any atom is -0.456 e. The molecule has 0 amide bonds. The fourth-order valence-electron chi connectivity index (χ4n) is 6.68. The van der Waals surface area contributed by atoms with E-state index in [9.17, 15) is 10.5 Å². The van der Waals surface area contributed by atoms with Gasteiger partial charge in [-0.25, -0.2) is 0 Å². The quantitative estimate of drug-likeness (QED) is 0.179. The zero-order valence-corrected chi connectivity index (χ0v) is 25.8. The van der Waals surface area contributed by atoms with Gasteiger partial charge >= 0.3 is 0 Å². The van der Waals surface area contributed by atoms with Gasteiger partial charge < -0.3 is 4.42 Å². The van der Waals surface area contributed by atoms with Crippen molar-refractivity contribution in [1.29, 1.82) is 10.5 Å². The molecular formula is C42H22N6O. The van der Waals surface area contributed by atoms with E-state index in [1.165, 1.54) is 0 Å². The molecule has 0 aliphatic carbocycles. The van der Waals surface area contributed by atoms with Crippen LogP contribution in [0.15, 0.2) is 138 Å². The van der Waals surface area contributed by atoms with Crippen LogP contribution >= 0.6 is 0 Å². The van der Waals surface area contributed by atoms with Crippen molar-refractivity contribution in [2.24, 2.45) is 0 Å². The maximum absolute atomic E-state index is 9.40. The van der Waals surface area contributed by atoms with Crippen molar-refractivity contribution >= 4 is 43.5 Å². The summed E-state index contributed by atoms with van der Waals surface area (Å²) in [7, 11) is 0. The van der Waals surface area contributed by atoms with Crippen LogP contribution in [0.2, 0.25) is 0 Å². The van der Waals surface area contributed by atoms with Crippen molar-refractivity contribution in [3.8, 4) is 57.2 Å². The lowest BCUT2D eigenvalue weighted by Crippen LogP contribution is -1.94. The summed E-state index contributed by atoms with van der Waals surface area (Å²) in [4.78, 5) is 18.5. The zero-order valence-electron chi connectivity index (χ0n) is 25.8. The fourth-order valence-corrected chi connectivity index (χ4v) is 6.68. The molecule has 9 aromatic rings. The highest BCUT2D eigenvalue weighted by molar-refractivity contribution is 6.24. The highest BCUT2D eigenvalue weighted by atomic mass is 16.3. The molecule has 0 aliphatic heterocycles. The van der Waals surface area contributed by atoms with Gasteiger partial charge in [0.25, 0.3) is 0 Å². The maximum atomic E-state index is 9.40. The van der Waals surface area contributed by atoms with E-state index in [0.717, 1.165) is 65.7 Å². The van der Waals surface area contributed by atoms with Crippen molar-refractivity contribution in [1.82, 2.24) is 19.9 Å². The van der Waals surface area contributed by atoms with Crippen LogP contribution in [0.5, 0.6) is 0 Å². The summed E-state index contributed by atoms with van der Waals surface area (Å²) in [5.41, 5.74) is 9.36. The Bertz CT molecular complexity index is 2840. The minimum absolute atomic E-state index is 0.535. The molecule has 0 fully saturated rings. The van der Waals surface area contributed by atoms with Gasteiger partial charge in [-0.15, -0.1) is 0 Å². The molecule has 0 N–H and O–H groups in total. The van der Waals surface area contributed by atoms with Gasteiger partial charge in [-0.3, -0.25) is 19.9 Å². The van der Waals surface area contributed by atoms with Crippen LogP contribution < -0.4 is 0 Å². The molecule has 0 spiro atoms. The summed E-state index contributed by atoms with van der Waals surface area (Å²) in [6.07, 6.45) is 7.01. The van der Waals surface area contributed by atoms with Crippen molar-refractivity contribution in [3.63, 3.8) is 0 Å². The molecule has 49 heavy (non-hydrogen) atoms. The van der Waals surface area contributed by atoms with Crippen LogP contribution in [0.1, 0.15) is 11.1 Å². The number of fused-ring (bicyclic) bond motifs is 5. The van der Waals surface area contributed by atoms with E-state index in [1.54, 1.807) is 36.7 Å². The van der Waals surface area contributed by atoms with Crippen LogP contribution in [0.4, 0.5) is 0 Å². The third-order valence-electron chi connectivity index (χ3n) is 8.93. The van der Waals surface area contributed by atoms with Crippen LogP contribution in [-0.2, 0) is 0 Å². The Morgan fingerprint density at radius 2 is 0.959 bits per heavy atom. The molecule has 0 bridgehead atoms. The maximum Gasteiger partial charge on any atom is 0.136 e. The molecule has 0 saturated carbocycles. The predicted octanol–water partition coefficient (Wildman–Crippen LogP) is 9.88. The first kappa shape index (κ1) is 28.0. The fraction of sp³-hybridized carbons (Fsp3) is 0. The smallest absolute Gasteiger partial charge is 0.136 e. The second-order valence-electron chi connectivity index (χ2n) is 11.7. The lowest BCUT2D eigenvalue weighted by atomic mass is 9.86. The van der Waals surface area contributed by atoms with E-state index in [4.69, 9.17) is 14.4 Å². The molecule has 4 aromatic carbocycles. The molecule has 0 radical (unpaired) electrons. The SMILES string of the molecule is N#Cc1ccnc(-c2ccc(-c3c4ccccc4c(-c4ccc(-c5cc(C#N)ccn5)nc4)c4cc5c(cc34)oc3ccccc35)cn2)c1. The van der Waals surface area contributed by atoms with Crippen molar-refractivity contribution in [3.05, 3.63) is 145 Å². The molecule has 5 aromatic heterocycles. The van der Waals surface area contributed by atoms with Gasteiger partial charge in [-0.2, -0.15) is 10.5 Å². The van der Waals surface area contributed by atoms with Gasteiger partial charge in [0.1, 0.15) is 11.2 Å². The third-order valence-corrected chi connectivity index (χ3v) is 8.93. The van der Waals surface area contributed by atoms with E-state index >= 15 is 0 Å². The molecule has 9 rings (SSSR count). The van der Waals surface area contributed by atoms with Crippen molar-refractivity contribution < 1.29 is 4.42 Å². The number of nitriles is 2. The Morgan fingerprint density at radius 1 is 0.429 bits per heavy atom. The molecule has 0 aliphatic rings. The number of hydrogen-bond acceptors (Lipinski definition) is 7. The second kappa shape index (κ2) is 11.2. The number of hydrogen-bond donors (Lipinski definition) is 0. The summed E-state index contributed by atoms with van der Waals surface area (Å²) in [5, 5.41) is 25.1. The largest absolute Gasteiger partial charge is 0.456 e. The first-order valence-electron chi connectivity index (χ1n) is 15.6. The highest BCUT2D eigenvalue weighted by Crippen LogP contribution is 2.46. The Balaban J connectivity index is 1.31. The first-order valence-corrected chi connectivity index (χ1v) is 15.6. The number of rotatable bonds is 4. The molecule has 0 saturated heterocycles. The van der Waals surface area contributed by atoms with E-state index in [-0.39, 0.29) is 0 Å². The third kappa shape index (κ3) is 4.66. The van der Waals surface area contributed by atoms with E-state index in [2.05, 4.69) is 76.7 Å². The van der Waals surface area contributed by atoms with Crippen LogP contribution in [0.25, 0.3) is 88.5 Å². The molecular weight excluding hydrogens is 605 g/mol.